The van der Waals surface area contributed by atoms with Crippen molar-refractivity contribution in [1.29, 1.82) is 0 Å². The summed E-state index contributed by atoms with van der Waals surface area (Å²) < 4.78 is 0. The van der Waals surface area contributed by atoms with Gasteiger partial charge in [0, 0.05) is 44.9 Å². The van der Waals surface area contributed by atoms with Crippen molar-refractivity contribution in [1.82, 2.24) is 15.0 Å². The molecule has 0 unspecified atom stereocenters. The molecule has 0 aliphatic heterocycles. The average Bonchev–Trinajstić information content (AvgIpc) is 3.22. The van der Waals surface area contributed by atoms with Gasteiger partial charge in [-0.05, 0) is 78.8 Å². The van der Waals surface area contributed by atoms with Crippen LogP contribution in [0.1, 0.15) is 0 Å². The molecular formula is C49H29N3. The third kappa shape index (κ3) is 4.23. The summed E-state index contributed by atoms with van der Waals surface area (Å²) in [5.41, 5.74) is 9.69. The van der Waals surface area contributed by atoms with Gasteiger partial charge in [-0.1, -0.05) is 140 Å². The summed E-state index contributed by atoms with van der Waals surface area (Å²) in [4.78, 5) is 14.9. The molecule has 0 amide bonds. The van der Waals surface area contributed by atoms with Crippen molar-refractivity contribution in [2.24, 2.45) is 0 Å². The van der Waals surface area contributed by atoms with Gasteiger partial charge in [-0.15, -0.1) is 0 Å². The van der Waals surface area contributed by atoms with Crippen LogP contribution in [0.5, 0.6) is 0 Å². The number of para-hydroxylation sites is 1. The van der Waals surface area contributed by atoms with Crippen LogP contribution in [0.2, 0.25) is 0 Å². The van der Waals surface area contributed by atoms with Crippen LogP contribution in [0.15, 0.2) is 176 Å². The largest absolute Gasteiger partial charge is 0.254 e. The number of fused-ring (bicyclic) bond motifs is 10. The van der Waals surface area contributed by atoms with E-state index in [2.05, 4.69) is 158 Å². The van der Waals surface area contributed by atoms with Crippen molar-refractivity contribution in [3.8, 4) is 33.5 Å². The second-order valence-corrected chi connectivity index (χ2v) is 13.5. The average molecular weight is 660 g/mol. The van der Waals surface area contributed by atoms with E-state index in [-0.39, 0.29) is 0 Å². The maximum atomic E-state index is 5.33. The Balaban J connectivity index is 1.19. The number of hydrogen-bond acceptors (Lipinski definition) is 3. The van der Waals surface area contributed by atoms with E-state index in [0.717, 1.165) is 55.1 Å². The normalized spacial score (nSPS) is 11.8. The van der Waals surface area contributed by atoms with Crippen LogP contribution >= 0.6 is 0 Å². The molecule has 52 heavy (non-hydrogen) atoms. The Labute approximate surface area is 299 Å². The summed E-state index contributed by atoms with van der Waals surface area (Å²) >= 11 is 0. The summed E-state index contributed by atoms with van der Waals surface area (Å²) in [6.45, 7) is 0. The van der Waals surface area contributed by atoms with Gasteiger partial charge in [0.25, 0.3) is 0 Å². The topological polar surface area (TPSA) is 38.7 Å². The molecule has 3 heterocycles. The van der Waals surface area contributed by atoms with E-state index >= 15 is 0 Å². The minimum atomic E-state index is 0.920. The monoisotopic (exact) mass is 659 g/mol. The van der Waals surface area contributed by atoms with Crippen LogP contribution in [-0.2, 0) is 0 Å². The van der Waals surface area contributed by atoms with Gasteiger partial charge in [0.1, 0.15) is 0 Å². The first kappa shape index (κ1) is 28.8. The van der Waals surface area contributed by atoms with Gasteiger partial charge in [-0.25, -0.2) is 4.98 Å². The Morgan fingerprint density at radius 3 is 1.77 bits per heavy atom. The minimum absolute atomic E-state index is 0.920. The lowest BCUT2D eigenvalue weighted by Gasteiger charge is -2.19. The number of hydrogen-bond donors (Lipinski definition) is 0. The highest BCUT2D eigenvalue weighted by atomic mass is 14.7. The Morgan fingerprint density at radius 2 is 0.962 bits per heavy atom. The van der Waals surface area contributed by atoms with Crippen molar-refractivity contribution < 1.29 is 0 Å². The highest BCUT2D eigenvalue weighted by Gasteiger charge is 2.20. The molecule has 0 atom stereocenters. The maximum absolute atomic E-state index is 5.33. The molecule has 0 N–H and O–H groups in total. The zero-order valence-electron chi connectivity index (χ0n) is 28.1. The van der Waals surface area contributed by atoms with E-state index in [1.165, 1.54) is 54.2 Å². The van der Waals surface area contributed by atoms with Crippen molar-refractivity contribution >= 4 is 75.8 Å². The van der Waals surface area contributed by atoms with Gasteiger partial charge < -0.3 is 0 Å². The standard InChI is InChI=1S/C49H29N3/c1-2-15-34-30(11-1)22-25-42-45(34)41-20-7-8-21-43(41)52-47(42)33-13-9-12-32(29-33)44-35-16-3-5-18-37(35)46(38-19-6-4-17-36(38)44)39-26-28-51-49-40(39)24-23-31-14-10-27-50-48(31)49/h1-29H. The molecule has 11 rings (SSSR count). The second kappa shape index (κ2) is 11.3. The van der Waals surface area contributed by atoms with E-state index in [9.17, 15) is 0 Å². The number of aromatic nitrogens is 3. The van der Waals surface area contributed by atoms with Crippen molar-refractivity contribution in [2.45, 2.75) is 0 Å². The van der Waals surface area contributed by atoms with Crippen LogP contribution in [0.4, 0.5) is 0 Å². The summed E-state index contributed by atoms with van der Waals surface area (Å²) in [6, 6.07) is 58.9. The summed E-state index contributed by atoms with van der Waals surface area (Å²) in [6.07, 6.45) is 3.78. The van der Waals surface area contributed by atoms with E-state index < -0.39 is 0 Å². The Morgan fingerprint density at radius 1 is 0.346 bits per heavy atom. The highest BCUT2D eigenvalue weighted by molar-refractivity contribution is 6.25. The highest BCUT2D eigenvalue weighted by Crippen LogP contribution is 2.46. The SMILES string of the molecule is c1cc(-c2c3ccccc3c(-c3ccnc4c3ccc3cccnc34)c3ccccc23)cc(-c2nc3ccccc3c3c2ccc2ccccc23)c1. The fraction of sp³-hybridized carbons (Fsp3) is 0. The number of rotatable bonds is 3. The smallest absolute Gasteiger partial charge is 0.0970 e. The third-order valence-electron chi connectivity index (χ3n) is 10.7. The molecule has 3 heteroatoms. The Hall–Kier alpha value is -6.97. The lowest BCUT2D eigenvalue weighted by atomic mass is 9.84. The molecular weight excluding hydrogens is 631 g/mol. The first-order valence-electron chi connectivity index (χ1n) is 17.7. The van der Waals surface area contributed by atoms with Crippen LogP contribution in [-0.4, -0.2) is 15.0 Å². The van der Waals surface area contributed by atoms with Crippen molar-refractivity contribution in [2.75, 3.05) is 0 Å². The van der Waals surface area contributed by atoms with E-state index in [0.29, 0.717) is 0 Å². The molecule has 0 spiro atoms. The number of benzene rings is 8. The lowest BCUT2D eigenvalue weighted by Crippen LogP contribution is -1.94. The van der Waals surface area contributed by atoms with Crippen LogP contribution in [0.25, 0.3) is 109 Å². The van der Waals surface area contributed by atoms with Gasteiger partial charge >= 0.3 is 0 Å². The first-order valence-corrected chi connectivity index (χ1v) is 17.7. The van der Waals surface area contributed by atoms with Gasteiger partial charge in [-0.3, -0.25) is 9.97 Å². The van der Waals surface area contributed by atoms with Gasteiger partial charge in [0.15, 0.2) is 0 Å². The zero-order valence-corrected chi connectivity index (χ0v) is 28.1. The number of pyridine rings is 3. The summed E-state index contributed by atoms with van der Waals surface area (Å²) in [7, 11) is 0. The molecule has 0 saturated heterocycles. The maximum Gasteiger partial charge on any atom is 0.0970 e. The van der Waals surface area contributed by atoms with E-state index in [4.69, 9.17) is 15.0 Å². The Bertz CT molecular complexity index is 3180. The Kier molecular flexibility index (Phi) is 6.25. The predicted octanol–water partition coefficient (Wildman–Crippen LogP) is 12.9. The fourth-order valence-electron chi connectivity index (χ4n) is 8.47. The minimum Gasteiger partial charge on any atom is -0.254 e. The lowest BCUT2D eigenvalue weighted by molar-refractivity contribution is 1.37. The van der Waals surface area contributed by atoms with Gasteiger partial charge in [0.05, 0.1) is 22.2 Å². The fourth-order valence-corrected chi connectivity index (χ4v) is 8.47. The van der Waals surface area contributed by atoms with Crippen molar-refractivity contribution in [3.05, 3.63) is 176 Å². The van der Waals surface area contributed by atoms with Crippen LogP contribution < -0.4 is 0 Å². The molecule has 240 valence electrons. The molecule has 3 nitrogen and oxygen atoms in total. The molecule has 11 aromatic rings. The van der Waals surface area contributed by atoms with Gasteiger partial charge in [0.2, 0.25) is 0 Å². The van der Waals surface area contributed by atoms with Crippen LogP contribution in [0, 0.1) is 0 Å². The molecule has 0 radical (unpaired) electrons. The molecule has 3 aromatic heterocycles. The molecule has 0 aliphatic carbocycles. The molecule has 0 bridgehead atoms. The summed E-state index contributed by atoms with van der Waals surface area (Å²) in [5, 5.41) is 13.1. The molecule has 0 saturated carbocycles. The van der Waals surface area contributed by atoms with Gasteiger partial charge in [-0.2, -0.15) is 0 Å². The quantitative estimate of drug-likeness (QED) is 0.140. The molecule has 0 fully saturated rings. The number of nitrogens with zero attached hydrogens (tertiary/aromatic N) is 3. The second-order valence-electron chi connectivity index (χ2n) is 13.5. The first-order chi connectivity index (χ1) is 25.8. The molecule has 0 aliphatic rings. The van der Waals surface area contributed by atoms with E-state index in [1.54, 1.807) is 0 Å². The van der Waals surface area contributed by atoms with Crippen molar-refractivity contribution in [3.63, 3.8) is 0 Å². The van der Waals surface area contributed by atoms with E-state index in [1.807, 2.05) is 18.5 Å². The van der Waals surface area contributed by atoms with Crippen LogP contribution in [0.3, 0.4) is 0 Å². The third-order valence-corrected chi connectivity index (χ3v) is 10.7. The molecule has 8 aromatic carbocycles. The summed E-state index contributed by atoms with van der Waals surface area (Å²) in [5.74, 6) is 0. The zero-order chi connectivity index (χ0) is 34.2. The predicted molar refractivity (Wildman–Crippen MR) is 219 cm³/mol.